The summed E-state index contributed by atoms with van der Waals surface area (Å²) in [5, 5.41) is 6.44. The number of rotatable bonds is 4. The average molecular weight is 260 g/mol. The van der Waals surface area contributed by atoms with Gasteiger partial charge in [-0.05, 0) is 36.0 Å². The molecule has 1 saturated carbocycles. The highest BCUT2D eigenvalue weighted by Crippen LogP contribution is 2.37. The third-order valence-electron chi connectivity index (χ3n) is 4.08. The van der Waals surface area contributed by atoms with E-state index >= 15 is 0 Å². The van der Waals surface area contributed by atoms with E-state index in [-0.39, 0.29) is 5.91 Å². The molecule has 1 aromatic rings. The van der Waals surface area contributed by atoms with Crippen molar-refractivity contribution in [2.75, 3.05) is 5.32 Å². The highest BCUT2D eigenvalue weighted by molar-refractivity contribution is 5.88. The van der Waals surface area contributed by atoms with Crippen molar-refractivity contribution in [3.8, 4) is 0 Å². The molecular formula is C16H24N2O. The monoisotopic (exact) mass is 260 g/mol. The second-order valence-corrected chi connectivity index (χ2v) is 6.19. The molecule has 0 spiro atoms. The van der Waals surface area contributed by atoms with E-state index in [2.05, 4.69) is 36.6 Å². The smallest absolute Gasteiger partial charge is 0.221 e. The van der Waals surface area contributed by atoms with Gasteiger partial charge in [0.15, 0.2) is 0 Å². The Morgan fingerprint density at radius 3 is 2.53 bits per heavy atom. The van der Waals surface area contributed by atoms with Crippen LogP contribution in [0.15, 0.2) is 24.3 Å². The summed E-state index contributed by atoms with van der Waals surface area (Å²) < 4.78 is 0. The van der Waals surface area contributed by atoms with Crippen LogP contribution in [0.1, 0.15) is 45.6 Å². The summed E-state index contributed by atoms with van der Waals surface area (Å²) >= 11 is 0. The standard InChI is InChI=1S/C16H24N2O/c1-12(19)18-14-8-6-13(7-9-14)11-17-15-5-4-10-16(15,2)3/h6-9,15,17H,4-5,10-11H2,1-3H3,(H,18,19). The number of nitrogens with one attached hydrogen (secondary N) is 2. The SMILES string of the molecule is CC(=O)Nc1ccc(CNC2CCCC2(C)C)cc1. The fourth-order valence-electron chi connectivity index (χ4n) is 2.86. The van der Waals surface area contributed by atoms with Crippen LogP contribution >= 0.6 is 0 Å². The minimum atomic E-state index is -0.0291. The lowest BCUT2D eigenvalue weighted by atomic mass is 9.87. The van der Waals surface area contributed by atoms with Crippen molar-refractivity contribution in [3.63, 3.8) is 0 Å². The second-order valence-electron chi connectivity index (χ2n) is 6.19. The number of hydrogen-bond acceptors (Lipinski definition) is 2. The molecule has 2 N–H and O–H groups in total. The van der Waals surface area contributed by atoms with E-state index in [9.17, 15) is 4.79 Å². The van der Waals surface area contributed by atoms with Crippen molar-refractivity contribution >= 4 is 11.6 Å². The molecule has 1 amide bonds. The Hall–Kier alpha value is -1.35. The molecule has 1 fully saturated rings. The molecule has 1 aromatic carbocycles. The van der Waals surface area contributed by atoms with Crippen molar-refractivity contribution in [2.24, 2.45) is 5.41 Å². The van der Waals surface area contributed by atoms with Gasteiger partial charge in [0.2, 0.25) is 5.91 Å². The topological polar surface area (TPSA) is 41.1 Å². The van der Waals surface area contributed by atoms with Crippen molar-refractivity contribution in [1.29, 1.82) is 0 Å². The minimum absolute atomic E-state index is 0.0291. The average Bonchev–Trinajstić information content (AvgIpc) is 2.67. The Morgan fingerprint density at radius 2 is 2.00 bits per heavy atom. The van der Waals surface area contributed by atoms with Crippen LogP contribution in [0.5, 0.6) is 0 Å². The quantitative estimate of drug-likeness (QED) is 0.872. The molecule has 1 atom stereocenters. The first-order valence-electron chi connectivity index (χ1n) is 7.07. The van der Waals surface area contributed by atoms with Crippen molar-refractivity contribution < 1.29 is 4.79 Å². The maximum absolute atomic E-state index is 10.9. The van der Waals surface area contributed by atoms with E-state index in [1.165, 1.54) is 31.7 Å². The van der Waals surface area contributed by atoms with Crippen LogP contribution in [-0.2, 0) is 11.3 Å². The van der Waals surface area contributed by atoms with Gasteiger partial charge in [-0.1, -0.05) is 32.4 Å². The first-order chi connectivity index (χ1) is 8.97. The van der Waals surface area contributed by atoms with Gasteiger partial charge in [-0.2, -0.15) is 0 Å². The molecule has 104 valence electrons. The Bertz CT molecular complexity index is 437. The number of carbonyl (C=O) groups is 1. The molecule has 0 saturated heterocycles. The van der Waals surface area contributed by atoms with Crippen molar-refractivity contribution in [3.05, 3.63) is 29.8 Å². The molecule has 19 heavy (non-hydrogen) atoms. The summed E-state index contributed by atoms with van der Waals surface area (Å²) in [4.78, 5) is 10.9. The molecule has 0 heterocycles. The van der Waals surface area contributed by atoms with Gasteiger partial charge in [0.1, 0.15) is 0 Å². The first kappa shape index (κ1) is 14.1. The summed E-state index contributed by atoms with van der Waals surface area (Å²) in [6.45, 7) is 7.11. The molecule has 2 rings (SSSR count). The summed E-state index contributed by atoms with van der Waals surface area (Å²) in [5.41, 5.74) is 2.53. The number of anilines is 1. The number of benzene rings is 1. The molecule has 0 aliphatic heterocycles. The number of carbonyl (C=O) groups excluding carboxylic acids is 1. The van der Waals surface area contributed by atoms with Crippen LogP contribution < -0.4 is 10.6 Å². The van der Waals surface area contributed by atoms with Gasteiger partial charge in [-0.3, -0.25) is 4.79 Å². The first-order valence-corrected chi connectivity index (χ1v) is 7.07. The Kier molecular flexibility index (Phi) is 4.25. The number of amides is 1. The van der Waals surface area contributed by atoms with Crippen molar-refractivity contribution in [1.82, 2.24) is 5.32 Å². The predicted molar refractivity (Wildman–Crippen MR) is 79.0 cm³/mol. The van der Waals surface area contributed by atoms with E-state index in [0.717, 1.165) is 12.2 Å². The predicted octanol–water partition coefficient (Wildman–Crippen LogP) is 3.31. The van der Waals surface area contributed by atoms with Crippen LogP contribution in [0.25, 0.3) is 0 Å². The van der Waals surface area contributed by atoms with Gasteiger partial charge in [0.05, 0.1) is 0 Å². The molecule has 1 unspecified atom stereocenters. The maximum Gasteiger partial charge on any atom is 0.221 e. The molecule has 1 aliphatic carbocycles. The van der Waals surface area contributed by atoms with E-state index < -0.39 is 0 Å². The fraction of sp³-hybridized carbons (Fsp3) is 0.562. The van der Waals surface area contributed by atoms with E-state index in [1.807, 2.05) is 12.1 Å². The summed E-state index contributed by atoms with van der Waals surface area (Å²) in [6.07, 6.45) is 3.91. The van der Waals surface area contributed by atoms with E-state index in [1.54, 1.807) is 0 Å². The van der Waals surface area contributed by atoms with Gasteiger partial charge < -0.3 is 10.6 Å². The Labute approximate surface area is 115 Å². The van der Waals surface area contributed by atoms with Crippen LogP contribution in [0.3, 0.4) is 0 Å². The molecule has 0 bridgehead atoms. The van der Waals surface area contributed by atoms with Gasteiger partial charge in [-0.15, -0.1) is 0 Å². The molecule has 0 aromatic heterocycles. The zero-order chi connectivity index (χ0) is 13.9. The molecule has 0 radical (unpaired) electrons. The lowest BCUT2D eigenvalue weighted by molar-refractivity contribution is -0.114. The molecule has 3 heteroatoms. The normalized spacial score (nSPS) is 21.3. The third-order valence-corrected chi connectivity index (χ3v) is 4.08. The van der Waals surface area contributed by atoms with Crippen molar-refractivity contribution in [2.45, 2.75) is 52.6 Å². The summed E-state index contributed by atoms with van der Waals surface area (Å²) in [7, 11) is 0. The van der Waals surface area contributed by atoms with Crippen LogP contribution in [-0.4, -0.2) is 11.9 Å². The second kappa shape index (κ2) is 5.74. The zero-order valence-corrected chi connectivity index (χ0v) is 12.1. The van der Waals surface area contributed by atoms with E-state index in [4.69, 9.17) is 0 Å². The Morgan fingerprint density at radius 1 is 1.32 bits per heavy atom. The zero-order valence-electron chi connectivity index (χ0n) is 12.1. The highest BCUT2D eigenvalue weighted by atomic mass is 16.1. The summed E-state index contributed by atoms with van der Waals surface area (Å²) in [5.74, 6) is -0.0291. The molecule has 3 nitrogen and oxygen atoms in total. The lowest BCUT2D eigenvalue weighted by Gasteiger charge is -2.28. The van der Waals surface area contributed by atoms with Gasteiger partial charge in [0, 0.05) is 25.2 Å². The molecular weight excluding hydrogens is 236 g/mol. The minimum Gasteiger partial charge on any atom is -0.326 e. The largest absolute Gasteiger partial charge is 0.326 e. The molecule has 1 aliphatic rings. The summed E-state index contributed by atoms with van der Waals surface area (Å²) in [6, 6.07) is 8.67. The van der Waals surface area contributed by atoms with Crippen LogP contribution in [0, 0.1) is 5.41 Å². The Balaban J connectivity index is 1.88. The van der Waals surface area contributed by atoms with Crippen LogP contribution in [0.4, 0.5) is 5.69 Å². The number of hydrogen-bond donors (Lipinski definition) is 2. The van der Waals surface area contributed by atoms with Gasteiger partial charge >= 0.3 is 0 Å². The van der Waals surface area contributed by atoms with E-state index in [0.29, 0.717) is 11.5 Å². The van der Waals surface area contributed by atoms with Gasteiger partial charge in [0.25, 0.3) is 0 Å². The van der Waals surface area contributed by atoms with Crippen LogP contribution in [0.2, 0.25) is 0 Å². The fourth-order valence-corrected chi connectivity index (χ4v) is 2.86. The third kappa shape index (κ3) is 3.80. The lowest BCUT2D eigenvalue weighted by Crippen LogP contribution is -2.37. The van der Waals surface area contributed by atoms with Gasteiger partial charge in [-0.25, -0.2) is 0 Å². The maximum atomic E-state index is 10.9. The highest BCUT2D eigenvalue weighted by Gasteiger charge is 2.33.